The highest BCUT2D eigenvalue weighted by molar-refractivity contribution is 6.40. The fourth-order valence-corrected chi connectivity index (χ4v) is 3.69. The topological polar surface area (TPSA) is 46.4 Å². The number of halogens is 1. The third kappa shape index (κ3) is 4.13. The summed E-state index contributed by atoms with van der Waals surface area (Å²) in [7, 11) is 1.67. The Kier molecular flexibility index (Phi) is 5.31. The van der Waals surface area contributed by atoms with E-state index in [2.05, 4.69) is 9.89 Å². The zero-order valence-corrected chi connectivity index (χ0v) is 15.2. The summed E-state index contributed by atoms with van der Waals surface area (Å²) in [6.07, 6.45) is 4.26. The molecule has 1 saturated heterocycles. The lowest BCUT2D eigenvalue weighted by Gasteiger charge is -2.22. The number of benzene rings is 1. The van der Waals surface area contributed by atoms with Crippen LogP contribution in [0.5, 0.6) is 0 Å². The van der Waals surface area contributed by atoms with E-state index < -0.39 is 0 Å². The highest BCUT2D eigenvalue weighted by Gasteiger charge is 2.41. The van der Waals surface area contributed by atoms with Crippen molar-refractivity contribution < 1.29 is 13.9 Å². The van der Waals surface area contributed by atoms with Crippen molar-refractivity contribution in [1.29, 1.82) is 0 Å². The monoisotopic (exact) mass is 359 g/mol. The molecule has 140 valence electrons. The molecule has 3 unspecified atom stereocenters. The molecule has 2 heterocycles. The van der Waals surface area contributed by atoms with Crippen molar-refractivity contribution in [2.75, 3.05) is 26.7 Å². The minimum atomic E-state index is -0.192. The van der Waals surface area contributed by atoms with Gasteiger partial charge in [0.25, 0.3) is 0 Å². The van der Waals surface area contributed by atoms with Gasteiger partial charge in [-0.25, -0.2) is 9.38 Å². The Labute approximate surface area is 153 Å². The molecule has 26 heavy (non-hydrogen) atoms. The van der Waals surface area contributed by atoms with Gasteiger partial charge in [0.1, 0.15) is 11.5 Å². The lowest BCUT2D eigenvalue weighted by Crippen LogP contribution is -2.36. The minimum absolute atomic E-state index is 0.177. The van der Waals surface area contributed by atoms with Gasteiger partial charge in [-0.15, -0.1) is 0 Å². The van der Waals surface area contributed by atoms with E-state index in [9.17, 15) is 4.39 Å². The van der Waals surface area contributed by atoms with Gasteiger partial charge in [0.15, 0.2) is 0 Å². The molecular formula is C20H26FN3O2. The maximum atomic E-state index is 13.7. The Morgan fingerprint density at radius 1 is 1.15 bits per heavy atom. The van der Waals surface area contributed by atoms with E-state index in [0.717, 1.165) is 51.0 Å². The molecule has 5 nitrogen and oxygen atoms in total. The number of hydrogen-bond donors (Lipinski definition) is 0. The maximum Gasteiger partial charge on any atom is 0.231 e. The second-order valence-corrected chi connectivity index (χ2v) is 7.32. The molecule has 0 aromatic heterocycles. The molecule has 4 rings (SSSR count). The van der Waals surface area contributed by atoms with E-state index in [-0.39, 0.29) is 11.9 Å². The molecule has 1 aliphatic carbocycles. The van der Waals surface area contributed by atoms with Crippen molar-refractivity contribution in [3.8, 4) is 0 Å². The van der Waals surface area contributed by atoms with Crippen LogP contribution in [0.1, 0.15) is 31.2 Å². The number of methoxy groups -OCH3 is 1. The van der Waals surface area contributed by atoms with E-state index in [4.69, 9.17) is 14.5 Å². The number of aliphatic imine (C=N–C) groups is 2. The Bertz CT molecular complexity index is 706. The van der Waals surface area contributed by atoms with E-state index >= 15 is 0 Å². The van der Waals surface area contributed by atoms with Crippen molar-refractivity contribution in [2.24, 2.45) is 9.98 Å². The Hall–Kier alpha value is -1.79. The van der Waals surface area contributed by atoms with E-state index in [0.29, 0.717) is 30.2 Å². The van der Waals surface area contributed by atoms with E-state index in [1.807, 2.05) is 6.07 Å². The first-order chi connectivity index (χ1) is 12.7. The van der Waals surface area contributed by atoms with Crippen molar-refractivity contribution in [1.82, 2.24) is 4.90 Å². The summed E-state index contributed by atoms with van der Waals surface area (Å²) in [5, 5.41) is 0. The number of hydrogen-bond acceptors (Lipinski definition) is 5. The van der Waals surface area contributed by atoms with Crippen molar-refractivity contribution in [3.05, 3.63) is 35.6 Å². The predicted octanol–water partition coefficient (Wildman–Crippen LogP) is 2.84. The number of nitrogens with zero attached hydrogens (tertiary/aromatic N) is 3. The highest BCUT2D eigenvalue weighted by atomic mass is 19.1. The quantitative estimate of drug-likeness (QED) is 0.812. The van der Waals surface area contributed by atoms with Crippen LogP contribution in [0.2, 0.25) is 0 Å². The van der Waals surface area contributed by atoms with Crippen LogP contribution in [0.3, 0.4) is 0 Å². The number of fused-ring (bicyclic) bond motifs is 1. The van der Waals surface area contributed by atoms with Gasteiger partial charge in [-0.1, -0.05) is 18.2 Å². The first kappa shape index (κ1) is 17.6. The summed E-state index contributed by atoms with van der Waals surface area (Å²) in [4.78, 5) is 11.8. The molecule has 0 N–H and O–H groups in total. The molecule has 1 aromatic rings. The molecule has 1 aromatic carbocycles. The van der Waals surface area contributed by atoms with Gasteiger partial charge < -0.3 is 9.47 Å². The van der Waals surface area contributed by atoms with Crippen LogP contribution in [0.15, 0.2) is 34.3 Å². The third-order valence-corrected chi connectivity index (χ3v) is 5.34. The van der Waals surface area contributed by atoms with Crippen LogP contribution in [0.25, 0.3) is 0 Å². The molecule has 0 bridgehead atoms. The largest absolute Gasteiger partial charge is 0.480 e. The lowest BCUT2D eigenvalue weighted by molar-refractivity contribution is 0.0301. The lowest BCUT2D eigenvalue weighted by atomic mass is 10.1. The summed E-state index contributed by atoms with van der Waals surface area (Å²) >= 11 is 0. The molecule has 0 radical (unpaired) electrons. The second kappa shape index (κ2) is 7.84. The van der Waals surface area contributed by atoms with E-state index in [1.54, 1.807) is 19.2 Å². The predicted molar refractivity (Wildman–Crippen MR) is 99.3 cm³/mol. The van der Waals surface area contributed by atoms with Gasteiger partial charge in [0.05, 0.1) is 31.9 Å². The van der Waals surface area contributed by atoms with Crippen LogP contribution in [-0.4, -0.2) is 61.4 Å². The molecular weight excluding hydrogens is 333 g/mol. The molecule has 6 heteroatoms. The van der Waals surface area contributed by atoms with Gasteiger partial charge in [-0.2, -0.15) is 0 Å². The normalized spacial score (nSPS) is 28.6. The van der Waals surface area contributed by atoms with Gasteiger partial charge in [0.2, 0.25) is 5.90 Å². The fraction of sp³-hybridized carbons (Fsp3) is 0.600. The number of likely N-dealkylation sites (tertiary alicyclic amines) is 1. The van der Waals surface area contributed by atoms with Gasteiger partial charge in [-0.05, 0) is 38.3 Å². The third-order valence-electron chi connectivity index (χ3n) is 5.34. The van der Waals surface area contributed by atoms with Crippen LogP contribution < -0.4 is 0 Å². The van der Waals surface area contributed by atoms with E-state index in [1.165, 1.54) is 6.07 Å². The highest BCUT2D eigenvalue weighted by Crippen LogP contribution is 2.32. The Balaban J connectivity index is 1.28. The molecule has 3 atom stereocenters. The molecule has 0 amide bonds. The number of rotatable bonds is 5. The fourth-order valence-electron chi connectivity index (χ4n) is 3.69. The Morgan fingerprint density at radius 2 is 2.00 bits per heavy atom. The second-order valence-electron chi connectivity index (χ2n) is 7.32. The maximum absolute atomic E-state index is 13.7. The van der Waals surface area contributed by atoms with Gasteiger partial charge >= 0.3 is 0 Å². The SMILES string of the molecule is COC1=NC2CC2N=C1CN1CCCC(OCc2ccccc2F)CC1. The number of ether oxygens (including phenoxy) is 2. The molecule has 2 fully saturated rings. The molecule has 0 spiro atoms. The standard InChI is InChI=1S/C20H26FN3O2/c1-25-20-19(22-17-11-18(17)23-20)12-24-9-4-6-15(8-10-24)26-13-14-5-2-3-7-16(14)21/h2-3,5,7,15,17-18H,4,6,8-13H2,1H3. The van der Waals surface area contributed by atoms with Crippen LogP contribution in [0.4, 0.5) is 4.39 Å². The minimum Gasteiger partial charge on any atom is -0.480 e. The summed E-state index contributed by atoms with van der Waals surface area (Å²) in [5.74, 6) is 0.517. The Morgan fingerprint density at radius 3 is 2.85 bits per heavy atom. The van der Waals surface area contributed by atoms with Crippen molar-refractivity contribution in [2.45, 2.75) is 50.5 Å². The first-order valence-electron chi connectivity index (χ1n) is 9.49. The average molecular weight is 359 g/mol. The summed E-state index contributed by atoms with van der Waals surface area (Å²) in [6, 6.07) is 7.56. The molecule has 2 aliphatic heterocycles. The summed E-state index contributed by atoms with van der Waals surface area (Å²) in [6.45, 7) is 3.10. The average Bonchev–Trinajstić information content (AvgIpc) is 3.44. The van der Waals surface area contributed by atoms with Crippen LogP contribution in [0, 0.1) is 5.82 Å². The smallest absolute Gasteiger partial charge is 0.231 e. The molecule has 3 aliphatic rings. The van der Waals surface area contributed by atoms with Gasteiger partial charge in [0, 0.05) is 18.7 Å². The zero-order valence-electron chi connectivity index (χ0n) is 15.2. The van der Waals surface area contributed by atoms with Crippen molar-refractivity contribution >= 4 is 11.6 Å². The summed E-state index contributed by atoms with van der Waals surface area (Å²) < 4.78 is 25.1. The molecule has 1 saturated carbocycles. The van der Waals surface area contributed by atoms with Crippen LogP contribution in [-0.2, 0) is 16.1 Å². The van der Waals surface area contributed by atoms with Crippen LogP contribution >= 0.6 is 0 Å². The van der Waals surface area contributed by atoms with Gasteiger partial charge in [-0.3, -0.25) is 9.89 Å². The first-order valence-corrected chi connectivity index (χ1v) is 9.49. The summed E-state index contributed by atoms with van der Waals surface area (Å²) in [5.41, 5.74) is 1.61. The van der Waals surface area contributed by atoms with Crippen molar-refractivity contribution in [3.63, 3.8) is 0 Å². The zero-order chi connectivity index (χ0) is 17.9.